The summed E-state index contributed by atoms with van der Waals surface area (Å²) in [6.07, 6.45) is -3.66. The fourth-order valence-corrected chi connectivity index (χ4v) is 12.5. The lowest BCUT2D eigenvalue weighted by Crippen LogP contribution is -2.67. The van der Waals surface area contributed by atoms with Crippen molar-refractivity contribution in [1.29, 1.82) is 0 Å². The molecule has 0 bridgehead atoms. The van der Waals surface area contributed by atoms with Crippen LogP contribution >= 0.6 is 21.6 Å². The molecule has 2 amide bonds. The minimum absolute atomic E-state index is 0.00882. The monoisotopic (exact) mass is 824 g/mol. The van der Waals surface area contributed by atoms with Crippen LogP contribution in [0.5, 0.6) is 0 Å². The van der Waals surface area contributed by atoms with Gasteiger partial charge in [0.05, 0.1) is 24.8 Å². The second kappa shape index (κ2) is 18.7. The van der Waals surface area contributed by atoms with Crippen LogP contribution in [-0.2, 0) is 18.7 Å². The molecule has 296 valence electrons. The van der Waals surface area contributed by atoms with Crippen molar-refractivity contribution in [3.8, 4) is 11.8 Å². The van der Waals surface area contributed by atoms with E-state index in [4.69, 9.17) is 13.9 Å². The van der Waals surface area contributed by atoms with Crippen molar-refractivity contribution >= 4 is 57.9 Å². The van der Waals surface area contributed by atoms with Gasteiger partial charge in [-0.25, -0.2) is 4.79 Å². The molecule has 0 aliphatic carbocycles. The molecule has 1 unspecified atom stereocenters. The lowest BCUT2D eigenvalue weighted by molar-refractivity contribution is -0.173. The predicted molar refractivity (Wildman–Crippen MR) is 216 cm³/mol. The molecule has 1 saturated heterocycles. The average molecular weight is 825 g/mol. The van der Waals surface area contributed by atoms with E-state index in [-0.39, 0.29) is 40.4 Å². The van der Waals surface area contributed by atoms with Crippen LogP contribution in [0, 0.1) is 11.8 Å². The van der Waals surface area contributed by atoms with E-state index in [1.807, 2.05) is 49.6 Å². The number of benzene rings is 3. The van der Waals surface area contributed by atoms with Gasteiger partial charge in [0.25, 0.3) is 14.2 Å². The van der Waals surface area contributed by atoms with Gasteiger partial charge in [0.1, 0.15) is 17.8 Å². The highest BCUT2D eigenvalue weighted by Crippen LogP contribution is 2.39. The van der Waals surface area contributed by atoms with Crippen LogP contribution in [-0.4, -0.2) is 72.9 Å². The third-order valence-corrected chi connectivity index (χ3v) is 16.0. The van der Waals surface area contributed by atoms with E-state index in [2.05, 4.69) is 67.2 Å². The SMILES string of the molecule is CSS[C@@H](C)OC1C[C@H](n2cc(C#CCNC(=O)C(F)(F)F)c(NC(=O)c3ccccc3)nc2=O)O[C@@H]1CO[Si](c1ccccc1)(c1ccccc1)C(C)(C)C. The van der Waals surface area contributed by atoms with E-state index < -0.39 is 57.0 Å². The largest absolute Gasteiger partial charge is 0.471 e. The van der Waals surface area contributed by atoms with Crippen LogP contribution in [0.25, 0.3) is 0 Å². The summed E-state index contributed by atoms with van der Waals surface area (Å²) in [6, 6.07) is 28.5. The quantitative estimate of drug-likeness (QED) is 0.0711. The third-order valence-electron chi connectivity index (χ3n) is 9.01. The number of ether oxygens (including phenoxy) is 2. The molecule has 0 spiro atoms. The Hall–Kier alpha value is -4.37. The van der Waals surface area contributed by atoms with Gasteiger partial charge in [-0.1, -0.05) is 133 Å². The molecule has 1 aromatic heterocycles. The lowest BCUT2D eigenvalue weighted by Gasteiger charge is -2.43. The summed E-state index contributed by atoms with van der Waals surface area (Å²) in [5.41, 5.74) is -0.732. The summed E-state index contributed by atoms with van der Waals surface area (Å²) in [5.74, 6) is 2.16. The summed E-state index contributed by atoms with van der Waals surface area (Å²) in [6.45, 7) is 7.91. The number of amides is 2. The number of carbonyl (C=O) groups is 2. The molecule has 1 fully saturated rings. The second-order valence-corrected chi connectivity index (χ2v) is 20.9. The van der Waals surface area contributed by atoms with Crippen molar-refractivity contribution in [2.24, 2.45) is 0 Å². The van der Waals surface area contributed by atoms with Gasteiger partial charge in [0.15, 0.2) is 5.82 Å². The Morgan fingerprint density at radius 1 is 1.00 bits per heavy atom. The Labute approximate surface area is 332 Å². The topological polar surface area (TPSA) is 121 Å². The highest BCUT2D eigenvalue weighted by atomic mass is 33.1. The Morgan fingerprint density at radius 3 is 2.14 bits per heavy atom. The maximum absolute atomic E-state index is 13.7. The Kier molecular flexibility index (Phi) is 14.3. The van der Waals surface area contributed by atoms with Gasteiger partial charge in [0, 0.05) is 18.2 Å². The van der Waals surface area contributed by atoms with Gasteiger partial charge in [-0.05, 0) is 40.7 Å². The van der Waals surface area contributed by atoms with Crippen LogP contribution in [0.2, 0.25) is 5.04 Å². The normalized spacial score (nSPS) is 17.8. The van der Waals surface area contributed by atoms with Crippen molar-refractivity contribution < 1.29 is 36.7 Å². The number of alkyl halides is 3. The van der Waals surface area contributed by atoms with Gasteiger partial charge in [-0.2, -0.15) is 18.2 Å². The molecule has 4 aromatic rings. The van der Waals surface area contributed by atoms with Gasteiger partial charge < -0.3 is 24.5 Å². The second-order valence-electron chi connectivity index (χ2n) is 13.8. The van der Waals surface area contributed by atoms with E-state index in [1.165, 1.54) is 21.6 Å². The van der Waals surface area contributed by atoms with Crippen molar-refractivity contribution in [2.45, 2.75) is 69.2 Å². The molecular weight excluding hydrogens is 782 g/mol. The molecule has 1 aliphatic rings. The average Bonchev–Trinajstić information content (AvgIpc) is 3.56. The third kappa shape index (κ3) is 10.3. The first kappa shape index (κ1) is 42.8. The number of carbonyl (C=O) groups excluding carboxylic acids is 2. The first-order valence-corrected chi connectivity index (χ1v) is 22.3. The molecule has 3 aromatic carbocycles. The highest BCUT2D eigenvalue weighted by Gasteiger charge is 2.51. The molecule has 16 heteroatoms. The summed E-state index contributed by atoms with van der Waals surface area (Å²) in [4.78, 5) is 42.3. The van der Waals surface area contributed by atoms with Crippen molar-refractivity contribution in [1.82, 2.24) is 14.9 Å². The fourth-order valence-electron chi connectivity index (χ4n) is 6.53. The van der Waals surface area contributed by atoms with Crippen LogP contribution < -0.4 is 26.7 Å². The van der Waals surface area contributed by atoms with Crippen LogP contribution in [0.4, 0.5) is 19.0 Å². The van der Waals surface area contributed by atoms with Crippen LogP contribution in [0.15, 0.2) is 102 Å². The van der Waals surface area contributed by atoms with Crippen LogP contribution in [0.3, 0.4) is 0 Å². The molecule has 1 aliphatic heterocycles. The highest BCUT2D eigenvalue weighted by molar-refractivity contribution is 8.76. The maximum atomic E-state index is 13.7. The molecule has 4 atom stereocenters. The number of halogens is 3. The minimum atomic E-state index is -5.09. The smallest absolute Gasteiger partial charge is 0.405 e. The summed E-state index contributed by atoms with van der Waals surface area (Å²) < 4.78 is 59.9. The van der Waals surface area contributed by atoms with Gasteiger partial charge in [-0.15, -0.1) is 0 Å². The van der Waals surface area contributed by atoms with Crippen molar-refractivity contribution in [3.05, 3.63) is 119 Å². The first-order valence-electron chi connectivity index (χ1n) is 17.7. The van der Waals surface area contributed by atoms with Crippen molar-refractivity contribution in [2.75, 3.05) is 24.7 Å². The zero-order valence-electron chi connectivity index (χ0n) is 31.5. The number of anilines is 1. The molecule has 5 rings (SSSR count). The molecule has 0 saturated carbocycles. The Morgan fingerprint density at radius 2 is 1.59 bits per heavy atom. The molecule has 10 nitrogen and oxygen atoms in total. The number of nitrogens with one attached hydrogen (secondary N) is 2. The standard InChI is InChI=1S/C40H43F3N4O6S2Si/c1-27(55-54-5)52-32-24-34(53-33(32)26-51-56(39(2,3)4,30-19-11-7-12-20-30)31-21-13-8-14-22-31)47-25-29(18-15-23-44-37(49)40(41,42)43)35(46-38(47)50)45-36(48)28-16-9-6-10-17-28/h6-14,16-17,19-22,25,27,32-34H,23-24,26H2,1-5H3,(H,44,49)(H,45,46,48,50)/t27-,32?,33+,34+/m0/s1. The van der Waals surface area contributed by atoms with E-state index in [9.17, 15) is 27.6 Å². The Balaban J connectivity index is 1.50. The Bertz CT molecular complexity index is 2040. The predicted octanol–water partition coefficient (Wildman–Crippen LogP) is 6.13. The summed E-state index contributed by atoms with van der Waals surface area (Å²) in [5, 5.41) is 6.12. The van der Waals surface area contributed by atoms with E-state index in [0.717, 1.165) is 10.4 Å². The van der Waals surface area contributed by atoms with Crippen LogP contribution in [0.1, 0.15) is 56.3 Å². The molecule has 56 heavy (non-hydrogen) atoms. The molecule has 2 N–H and O–H groups in total. The molecular formula is C40H43F3N4O6S2Si. The lowest BCUT2D eigenvalue weighted by atomic mass is 10.2. The first-order chi connectivity index (χ1) is 26.6. The summed E-state index contributed by atoms with van der Waals surface area (Å²) >= 11 is 0. The fraction of sp³-hybridized carbons (Fsp3) is 0.350. The van der Waals surface area contributed by atoms with Gasteiger partial charge >= 0.3 is 17.8 Å². The zero-order chi connectivity index (χ0) is 40.5. The van der Waals surface area contributed by atoms with Gasteiger partial charge in [0.2, 0.25) is 0 Å². The van der Waals surface area contributed by atoms with Gasteiger partial charge in [-0.3, -0.25) is 14.2 Å². The van der Waals surface area contributed by atoms with Crippen molar-refractivity contribution in [3.63, 3.8) is 0 Å². The molecule has 0 radical (unpaired) electrons. The van der Waals surface area contributed by atoms with E-state index in [0.29, 0.717) is 0 Å². The number of hydrogen-bond donors (Lipinski definition) is 2. The maximum Gasteiger partial charge on any atom is 0.471 e. The van der Waals surface area contributed by atoms with E-state index >= 15 is 0 Å². The molecule has 2 heterocycles. The number of rotatable bonds is 13. The minimum Gasteiger partial charge on any atom is -0.405 e. The number of hydrogen-bond acceptors (Lipinski definition) is 9. The summed E-state index contributed by atoms with van der Waals surface area (Å²) in [7, 11) is 0.0863. The number of nitrogens with zero attached hydrogens (tertiary/aromatic N) is 2. The number of aromatic nitrogens is 2. The van der Waals surface area contributed by atoms with E-state index in [1.54, 1.807) is 46.4 Å². The zero-order valence-corrected chi connectivity index (χ0v) is 34.1.